The number of rotatable bonds is 4. The number of nitrogens with one attached hydrogen (secondary N) is 2. The van der Waals surface area contributed by atoms with Crippen LogP contribution in [-0.2, 0) is 0 Å². The molecule has 1 saturated heterocycles. The number of hydrogen-bond acceptors (Lipinski definition) is 3. The average molecular weight is 332 g/mol. The van der Waals surface area contributed by atoms with Crippen molar-refractivity contribution in [1.82, 2.24) is 15.5 Å². The van der Waals surface area contributed by atoms with Crippen molar-refractivity contribution < 1.29 is 4.79 Å². The summed E-state index contributed by atoms with van der Waals surface area (Å²) in [6.07, 6.45) is 0. The maximum absolute atomic E-state index is 11.9. The Balaban J connectivity index is 2.03. The molecule has 1 atom stereocenters. The van der Waals surface area contributed by atoms with Crippen LogP contribution in [-0.4, -0.2) is 36.6 Å². The summed E-state index contributed by atoms with van der Waals surface area (Å²) < 4.78 is 1.10. The van der Waals surface area contributed by atoms with E-state index in [0.29, 0.717) is 6.54 Å². The monoisotopic (exact) mass is 331 g/mol. The number of likely N-dealkylation sites (N-methyl/N-ethyl adjacent to an activating group) is 1. The van der Waals surface area contributed by atoms with E-state index >= 15 is 0 Å². The van der Waals surface area contributed by atoms with Crippen molar-refractivity contribution in [3.63, 3.8) is 0 Å². The molecule has 1 aromatic heterocycles. The molecule has 4 nitrogen and oxygen atoms in total. The standard InChI is InChI=1S/C12H18BrN3OS/c1-12(2,14-3)7-16-6-8(15-11(16)17)9-4-5-10(13)18-9/h4-5,8,14H,6-7H2,1-3H3,(H,15,17). The molecular formula is C12H18BrN3OS. The van der Waals surface area contributed by atoms with Crippen LogP contribution in [0.3, 0.4) is 0 Å². The Morgan fingerprint density at radius 2 is 2.33 bits per heavy atom. The van der Waals surface area contributed by atoms with E-state index in [1.807, 2.05) is 18.0 Å². The third-order valence-corrected chi connectivity index (χ3v) is 4.93. The molecule has 100 valence electrons. The van der Waals surface area contributed by atoms with Gasteiger partial charge < -0.3 is 15.5 Å². The van der Waals surface area contributed by atoms with E-state index < -0.39 is 0 Å². The highest BCUT2D eigenvalue weighted by Crippen LogP contribution is 2.30. The quantitative estimate of drug-likeness (QED) is 0.890. The van der Waals surface area contributed by atoms with Gasteiger partial charge in [0.2, 0.25) is 0 Å². The first-order chi connectivity index (χ1) is 8.41. The molecule has 2 N–H and O–H groups in total. The zero-order chi connectivity index (χ0) is 13.3. The molecule has 0 spiro atoms. The largest absolute Gasteiger partial charge is 0.329 e. The molecule has 2 amide bonds. The molecule has 2 heterocycles. The van der Waals surface area contributed by atoms with Gasteiger partial charge in [0.25, 0.3) is 0 Å². The van der Waals surface area contributed by atoms with Crippen LogP contribution < -0.4 is 10.6 Å². The van der Waals surface area contributed by atoms with Gasteiger partial charge >= 0.3 is 6.03 Å². The molecule has 0 radical (unpaired) electrons. The highest BCUT2D eigenvalue weighted by atomic mass is 79.9. The van der Waals surface area contributed by atoms with Gasteiger partial charge in [0.05, 0.1) is 9.83 Å². The van der Waals surface area contributed by atoms with Gasteiger partial charge in [-0.1, -0.05) is 0 Å². The van der Waals surface area contributed by atoms with Crippen LogP contribution in [0.25, 0.3) is 0 Å². The fourth-order valence-electron chi connectivity index (χ4n) is 1.96. The van der Waals surface area contributed by atoms with E-state index in [9.17, 15) is 4.79 Å². The molecule has 0 bridgehead atoms. The van der Waals surface area contributed by atoms with E-state index in [2.05, 4.69) is 46.5 Å². The Hall–Kier alpha value is -0.590. The fourth-order valence-corrected chi connectivity index (χ4v) is 3.42. The lowest BCUT2D eigenvalue weighted by Crippen LogP contribution is -2.48. The molecule has 0 saturated carbocycles. The smallest absolute Gasteiger partial charge is 0.318 e. The van der Waals surface area contributed by atoms with Gasteiger partial charge in [-0.25, -0.2) is 4.79 Å². The summed E-state index contributed by atoms with van der Waals surface area (Å²) in [7, 11) is 1.92. The molecule has 1 aromatic rings. The van der Waals surface area contributed by atoms with Gasteiger partial charge in [-0.05, 0) is 49.0 Å². The van der Waals surface area contributed by atoms with Crippen molar-refractivity contribution in [2.24, 2.45) is 0 Å². The number of hydrogen-bond donors (Lipinski definition) is 2. The van der Waals surface area contributed by atoms with Crippen molar-refractivity contribution in [2.75, 3.05) is 20.1 Å². The zero-order valence-corrected chi connectivity index (χ0v) is 13.2. The van der Waals surface area contributed by atoms with Gasteiger partial charge in [0.15, 0.2) is 0 Å². The highest BCUT2D eigenvalue weighted by Gasteiger charge is 2.33. The van der Waals surface area contributed by atoms with Crippen LogP contribution in [0.1, 0.15) is 24.8 Å². The van der Waals surface area contributed by atoms with Crippen LogP contribution in [0.5, 0.6) is 0 Å². The Morgan fingerprint density at radius 3 is 2.89 bits per heavy atom. The Labute approximate surface area is 120 Å². The number of amides is 2. The van der Waals surface area contributed by atoms with E-state index in [0.717, 1.165) is 10.3 Å². The van der Waals surface area contributed by atoms with Gasteiger partial charge in [-0.2, -0.15) is 0 Å². The number of thiophene rings is 1. The summed E-state index contributed by atoms with van der Waals surface area (Å²) in [5.41, 5.74) is -0.0672. The molecule has 6 heteroatoms. The molecule has 1 fully saturated rings. The lowest BCUT2D eigenvalue weighted by atomic mass is 10.1. The first kappa shape index (κ1) is 13.8. The molecular weight excluding hydrogens is 314 g/mol. The van der Waals surface area contributed by atoms with E-state index in [1.54, 1.807) is 11.3 Å². The van der Waals surface area contributed by atoms with Crippen LogP contribution in [0.15, 0.2) is 15.9 Å². The summed E-state index contributed by atoms with van der Waals surface area (Å²) in [5, 5.41) is 6.25. The van der Waals surface area contributed by atoms with Crippen molar-refractivity contribution >= 4 is 33.3 Å². The molecule has 18 heavy (non-hydrogen) atoms. The molecule has 1 aliphatic heterocycles. The lowest BCUT2D eigenvalue weighted by Gasteiger charge is -2.29. The fraction of sp³-hybridized carbons (Fsp3) is 0.583. The Bertz CT molecular complexity index is 446. The third kappa shape index (κ3) is 3.05. The second-order valence-corrected chi connectivity index (χ2v) is 7.65. The topological polar surface area (TPSA) is 44.4 Å². The minimum atomic E-state index is -0.0672. The number of carbonyl (C=O) groups is 1. The minimum Gasteiger partial charge on any atom is -0.329 e. The summed E-state index contributed by atoms with van der Waals surface area (Å²) >= 11 is 5.12. The van der Waals surface area contributed by atoms with E-state index in [-0.39, 0.29) is 17.6 Å². The predicted molar refractivity (Wildman–Crippen MR) is 78.0 cm³/mol. The molecule has 1 unspecified atom stereocenters. The maximum atomic E-state index is 11.9. The Morgan fingerprint density at radius 1 is 1.61 bits per heavy atom. The normalized spacial score (nSPS) is 20.3. The van der Waals surface area contributed by atoms with Crippen LogP contribution in [0, 0.1) is 0 Å². The highest BCUT2D eigenvalue weighted by molar-refractivity contribution is 9.11. The van der Waals surface area contributed by atoms with Gasteiger partial charge in [-0.15, -0.1) is 11.3 Å². The number of carbonyl (C=O) groups excluding carboxylic acids is 1. The van der Waals surface area contributed by atoms with Crippen molar-refractivity contribution in [2.45, 2.75) is 25.4 Å². The lowest BCUT2D eigenvalue weighted by molar-refractivity contribution is 0.201. The second-order valence-electron chi connectivity index (χ2n) is 5.16. The average Bonchev–Trinajstić information content (AvgIpc) is 2.86. The minimum absolute atomic E-state index is 0.0212. The number of urea groups is 1. The summed E-state index contributed by atoms with van der Waals surface area (Å²) in [5.74, 6) is 0. The summed E-state index contributed by atoms with van der Waals surface area (Å²) in [6, 6.07) is 4.22. The van der Waals surface area contributed by atoms with E-state index in [1.165, 1.54) is 4.88 Å². The number of nitrogens with zero attached hydrogens (tertiary/aromatic N) is 1. The van der Waals surface area contributed by atoms with Crippen LogP contribution in [0.2, 0.25) is 0 Å². The predicted octanol–water partition coefficient (Wildman–Crippen LogP) is 2.57. The third-order valence-electron chi connectivity index (χ3n) is 3.19. The number of halogens is 1. The van der Waals surface area contributed by atoms with Crippen molar-refractivity contribution in [1.29, 1.82) is 0 Å². The van der Waals surface area contributed by atoms with Gasteiger partial charge in [-0.3, -0.25) is 0 Å². The van der Waals surface area contributed by atoms with Crippen molar-refractivity contribution in [3.05, 3.63) is 20.8 Å². The van der Waals surface area contributed by atoms with Crippen molar-refractivity contribution in [3.8, 4) is 0 Å². The SMILES string of the molecule is CNC(C)(C)CN1CC(c2ccc(Br)s2)NC1=O. The summed E-state index contributed by atoms with van der Waals surface area (Å²) in [4.78, 5) is 15.0. The molecule has 2 rings (SSSR count). The maximum Gasteiger partial charge on any atom is 0.318 e. The van der Waals surface area contributed by atoms with Gasteiger partial charge in [0.1, 0.15) is 0 Å². The Kier molecular flexibility index (Phi) is 3.99. The zero-order valence-electron chi connectivity index (χ0n) is 10.8. The van der Waals surface area contributed by atoms with E-state index in [4.69, 9.17) is 0 Å². The summed E-state index contributed by atoms with van der Waals surface area (Å²) in [6.45, 7) is 5.62. The second kappa shape index (κ2) is 5.19. The van der Waals surface area contributed by atoms with Crippen LogP contribution in [0.4, 0.5) is 4.79 Å². The molecule has 1 aliphatic rings. The van der Waals surface area contributed by atoms with Crippen LogP contribution >= 0.6 is 27.3 Å². The molecule has 0 aromatic carbocycles. The first-order valence-corrected chi connectivity index (χ1v) is 7.52. The molecule has 0 aliphatic carbocycles. The van der Waals surface area contributed by atoms with Gasteiger partial charge in [0, 0.05) is 23.5 Å². The first-order valence-electron chi connectivity index (χ1n) is 5.91.